The third kappa shape index (κ3) is 10.7. The molecule has 2 aliphatic rings. The van der Waals surface area contributed by atoms with E-state index < -0.39 is 36.6 Å². The molecule has 238 valence electrons. The highest BCUT2D eigenvalue weighted by Crippen LogP contribution is 2.18. The quantitative estimate of drug-likeness (QED) is 0.0601. The summed E-state index contributed by atoms with van der Waals surface area (Å²) in [5.74, 6) is -1.12. The molecule has 2 aliphatic heterocycles. The first-order chi connectivity index (χ1) is 20.0. The Morgan fingerprint density at radius 3 is 2.62 bits per heavy atom. The Balaban J connectivity index is 1.18. The van der Waals surface area contributed by atoms with Crippen LogP contribution in [0.25, 0.3) is 0 Å². The summed E-state index contributed by atoms with van der Waals surface area (Å²) >= 11 is 5.79. The number of likely N-dealkylation sites (tertiary alicyclic amines) is 1. The number of hydrogen-bond donors (Lipinski definition) is 9. The second-order valence-electron chi connectivity index (χ2n) is 10.3. The lowest BCUT2D eigenvalue weighted by Crippen LogP contribution is -2.49. The zero-order valence-corrected chi connectivity index (χ0v) is 24.6. The molecule has 0 spiro atoms. The van der Waals surface area contributed by atoms with Gasteiger partial charge < -0.3 is 56.5 Å². The van der Waals surface area contributed by atoms with Crippen molar-refractivity contribution in [2.75, 3.05) is 63.9 Å². The van der Waals surface area contributed by atoms with Gasteiger partial charge in [0.15, 0.2) is 34.7 Å². The average Bonchev–Trinajstić information content (AvgIpc) is 3.40. The van der Waals surface area contributed by atoms with Gasteiger partial charge in [-0.3, -0.25) is 15.5 Å². The van der Waals surface area contributed by atoms with Crippen LogP contribution in [0, 0.1) is 5.41 Å². The Labute approximate surface area is 249 Å². The highest BCUT2D eigenvalue weighted by molar-refractivity contribution is 6.31. The second kappa shape index (κ2) is 17.0. The molecular weight excluding hydrogens is 574 g/mol. The Morgan fingerprint density at radius 1 is 1.19 bits per heavy atom. The van der Waals surface area contributed by atoms with E-state index in [1.54, 1.807) is 6.92 Å². The number of guanidine groups is 1. The number of nitrogen functional groups attached to an aromatic ring is 2. The normalized spacial score (nSPS) is 22.0. The van der Waals surface area contributed by atoms with Crippen molar-refractivity contribution in [2.45, 2.75) is 69.4 Å². The van der Waals surface area contributed by atoms with Gasteiger partial charge in [-0.1, -0.05) is 11.6 Å². The van der Waals surface area contributed by atoms with Gasteiger partial charge in [0.05, 0.1) is 25.4 Å². The lowest BCUT2D eigenvalue weighted by atomic mass is 10.0. The lowest BCUT2D eigenvalue weighted by Gasteiger charge is -2.32. The van der Waals surface area contributed by atoms with Crippen LogP contribution in [0.15, 0.2) is 0 Å². The maximum absolute atomic E-state index is 12.3. The van der Waals surface area contributed by atoms with E-state index in [0.717, 1.165) is 45.3 Å². The van der Waals surface area contributed by atoms with Gasteiger partial charge in [0.1, 0.15) is 18.3 Å². The Morgan fingerprint density at radius 2 is 1.93 bits per heavy atom. The summed E-state index contributed by atoms with van der Waals surface area (Å²) in [7, 11) is 0. The summed E-state index contributed by atoms with van der Waals surface area (Å²) in [6.07, 6.45) is -1.08. The number of aliphatic hydroxyl groups is 3. The molecule has 0 bridgehead atoms. The zero-order valence-electron chi connectivity index (χ0n) is 23.8. The van der Waals surface area contributed by atoms with Gasteiger partial charge in [-0.2, -0.15) is 0 Å². The fourth-order valence-electron chi connectivity index (χ4n) is 4.65. The van der Waals surface area contributed by atoms with Gasteiger partial charge >= 0.3 is 0 Å². The van der Waals surface area contributed by atoms with Gasteiger partial charge in [-0.05, 0) is 39.2 Å². The molecule has 2 saturated heterocycles. The van der Waals surface area contributed by atoms with E-state index in [1.807, 2.05) is 0 Å². The van der Waals surface area contributed by atoms with Crippen LogP contribution in [0.4, 0.5) is 11.6 Å². The fraction of sp³-hybridized carbons (Fsp3) is 0.760. The number of ether oxygens (including phenoxy) is 3. The maximum Gasteiger partial charge on any atom is 0.280 e. The summed E-state index contributed by atoms with van der Waals surface area (Å²) in [6.45, 7) is 6.28. The van der Waals surface area contributed by atoms with Crippen LogP contribution in [0.1, 0.15) is 43.1 Å². The number of unbranched alkanes of at least 4 members (excludes halogenated alkanes) is 1. The summed E-state index contributed by atoms with van der Waals surface area (Å²) in [5.41, 5.74) is 11.0. The summed E-state index contributed by atoms with van der Waals surface area (Å²) in [5, 5.41) is 46.5. The Hall–Kier alpha value is -2.41. The van der Waals surface area contributed by atoms with E-state index in [0.29, 0.717) is 19.7 Å². The second-order valence-corrected chi connectivity index (χ2v) is 10.7. The minimum Gasteiger partial charge on any atom is -0.389 e. The molecule has 1 amide bonds. The minimum atomic E-state index is -1.35. The Bertz CT molecular complexity index is 1020. The van der Waals surface area contributed by atoms with Crippen LogP contribution >= 0.6 is 11.6 Å². The monoisotopic (exact) mass is 617 g/mol. The molecule has 1 aromatic heterocycles. The third-order valence-electron chi connectivity index (χ3n) is 7.07. The van der Waals surface area contributed by atoms with Gasteiger partial charge in [-0.25, -0.2) is 9.97 Å². The molecule has 17 heteroatoms. The zero-order chi connectivity index (χ0) is 30.6. The van der Waals surface area contributed by atoms with Crippen LogP contribution in [0.2, 0.25) is 5.15 Å². The van der Waals surface area contributed by atoms with Crippen molar-refractivity contribution < 1.29 is 34.3 Å². The number of nitrogens with one attached hydrogen (secondary N) is 4. The lowest BCUT2D eigenvalue weighted by molar-refractivity contribution is -0.122. The van der Waals surface area contributed by atoms with Gasteiger partial charge in [0, 0.05) is 32.7 Å². The van der Waals surface area contributed by atoms with E-state index >= 15 is 0 Å². The van der Waals surface area contributed by atoms with E-state index in [4.69, 9.17) is 42.7 Å². The molecule has 1 aromatic rings. The molecule has 5 atom stereocenters. The topological polar surface area (TPSA) is 246 Å². The molecule has 0 aromatic carbocycles. The molecule has 0 radical (unpaired) electrons. The number of anilines is 2. The first-order valence-corrected chi connectivity index (χ1v) is 14.5. The van der Waals surface area contributed by atoms with Crippen molar-refractivity contribution in [3.63, 3.8) is 0 Å². The predicted molar refractivity (Wildman–Crippen MR) is 155 cm³/mol. The smallest absolute Gasteiger partial charge is 0.280 e. The molecule has 42 heavy (non-hydrogen) atoms. The van der Waals surface area contributed by atoms with E-state index in [-0.39, 0.29) is 47.7 Å². The van der Waals surface area contributed by atoms with Crippen molar-refractivity contribution in [2.24, 2.45) is 0 Å². The number of nitrogens with zero attached hydrogens (tertiary/aromatic N) is 3. The minimum absolute atomic E-state index is 0.0755. The largest absolute Gasteiger partial charge is 0.389 e. The molecule has 3 heterocycles. The number of halogens is 1. The first kappa shape index (κ1) is 34.1. The molecule has 0 aliphatic carbocycles. The molecule has 16 nitrogen and oxygen atoms in total. The third-order valence-corrected chi connectivity index (χ3v) is 7.35. The molecule has 0 saturated carbocycles. The van der Waals surface area contributed by atoms with Crippen molar-refractivity contribution in [3.8, 4) is 0 Å². The summed E-state index contributed by atoms with van der Waals surface area (Å²) in [4.78, 5) is 22.2. The highest BCUT2D eigenvalue weighted by atomic mass is 35.5. The first-order valence-electron chi connectivity index (χ1n) is 14.1. The average molecular weight is 618 g/mol. The summed E-state index contributed by atoms with van der Waals surface area (Å²) in [6, 6.07) is 0. The van der Waals surface area contributed by atoms with Crippen molar-refractivity contribution >= 4 is 35.1 Å². The number of nitrogens with two attached hydrogens (primary N) is 2. The number of carbonyl (C=O) groups is 1. The number of amides is 1. The highest BCUT2D eigenvalue weighted by Gasteiger charge is 2.36. The predicted octanol–water partition coefficient (Wildman–Crippen LogP) is -1.76. The van der Waals surface area contributed by atoms with E-state index in [9.17, 15) is 20.1 Å². The van der Waals surface area contributed by atoms with Crippen LogP contribution in [0.5, 0.6) is 0 Å². The molecule has 11 N–H and O–H groups in total. The molecule has 2 fully saturated rings. The number of rotatable bonds is 15. The Kier molecular flexibility index (Phi) is 13.8. The number of carbonyl (C=O) groups excluding carboxylic acids is 1. The van der Waals surface area contributed by atoms with Crippen molar-refractivity contribution in [1.82, 2.24) is 30.8 Å². The SMILES string of the molecule is C[C@@H]1OC[C@H]([C@@H](O)[C@H](O)[C@@H](O)CNCCOC2CCN(CCCCNC(=N)NC(=O)c3nc(Cl)c(N)nc3N)CC2)O1. The molecular formula is C25H44ClN9O7. The maximum atomic E-state index is 12.3. The number of aromatic nitrogens is 2. The van der Waals surface area contributed by atoms with E-state index in [2.05, 4.69) is 30.8 Å². The van der Waals surface area contributed by atoms with Gasteiger partial charge in [0.2, 0.25) is 0 Å². The standard InChI is InChI=1S/C25H44ClN9O7/c1-14-41-13-17(42-14)20(38)19(37)16(36)12-30-7-11-40-15-4-9-35(10-5-15)8-3-2-6-31-25(29)34-24(39)18-22(27)33-23(28)21(26)32-18/h14-17,19-20,30,36-38H,2-13H2,1H3,(H4,27,28,33)(H3,29,31,34,39)/t14-,16+,17-,19-,20-/m1/s1. The van der Waals surface area contributed by atoms with Gasteiger partial charge in [-0.15, -0.1) is 0 Å². The fourth-order valence-corrected chi connectivity index (χ4v) is 4.78. The van der Waals surface area contributed by atoms with Crippen LogP contribution in [-0.4, -0.2) is 131 Å². The summed E-state index contributed by atoms with van der Waals surface area (Å²) < 4.78 is 16.5. The van der Waals surface area contributed by atoms with Crippen LogP contribution in [0.3, 0.4) is 0 Å². The van der Waals surface area contributed by atoms with Crippen LogP contribution in [-0.2, 0) is 14.2 Å². The number of aliphatic hydroxyl groups excluding tert-OH is 3. The molecule has 3 rings (SSSR count). The van der Waals surface area contributed by atoms with Gasteiger partial charge in [0.25, 0.3) is 5.91 Å². The van der Waals surface area contributed by atoms with Crippen molar-refractivity contribution in [3.05, 3.63) is 10.8 Å². The number of hydrogen-bond acceptors (Lipinski definition) is 14. The number of piperidine rings is 1. The van der Waals surface area contributed by atoms with Crippen molar-refractivity contribution in [1.29, 1.82) is 5.41 Å². The van der Waals surface area contributed by atoms with E-state index in [1.165, 1.54) is 0 Å². The van der Waals surface area contributed by atoms with Crippen LogP contribution < -0.4 is 27.4 Å². The molecule has 0 unspecified atom stereocenters.